The molecule has 0 saturated carbocycles. The number of hydrogen-bond donors (Lipinski definition) is 1. The average molecular weight is 445 g/mol. The van der Waals surface area contributed by atoms with Crippen LogP contribution >= 0.6 is 11.8 Å². The molecule has 0 bridgehead atoms. The summed E-state index contributed by atoms with van der Waals surface area (Å²) in [6.07, 6.45) is 0. The number of carbonyl (C=O) groups excluding carboxylic acids is 3. The molecule has 0 radical (unpaired) electrons. The summed E-state index contributed by atoms with van der Waals surface area (Å²) in [5.74, 6) is -2.38. The Hall–Kier alpha value is -2.94. The van der Waals surface area contributed by atoms with Gasteiger partial charge in [-0.2, -0.15) is 11.8 Å². The molecule has 2 saturated heterocycles. The number of thioether (sulfide) groups is 1. The van der Waals surface area contributed by atoms with Crippen molar-refractivity contribution in [3.8, 4) is 0 Å². The lowest BCUT2D eigenvalue weighted by Crippen LogP contribution is -2.70. The zero-order chi connectivity index (χ0) is 22.0. The number of nitrogens with one attached hydrogen (secondary N) is 1. The Labute approximate surface area is 182 Å². The maximum Gasteiger partial charge on any atom is 0.257 e. The van der Waals surface area contributed by atoms with Crippen LogP contribution in [-0.2, 0) is 15.3 Å². The van der Waals surface area contributed by atoms with E-state index in [0.717, 1.165) is 17.4 Å². The fourth-order valence-corrected chi connectivity index (χ4v) is 4.81. The highest BCUT2D eigenvalue weighted by molar-refractivity contribution is 7.98. The number of nitrogens with zero attached hydrogens (tertiary/aromatic N) is 2. The van der Waals surface area contributed by atoms with Crippen LogP contribution < -0.4 is 5.32 Å². The number of piperazine rings is 2. The van der Waals surface area contributed by atoms with E-state index in [1.54, 1.807) is 11.8 Å². The molecule has 4 rings (SSSR count). The van der Waals surface area contributed by atoms with Gasteiger partial charge in [0.05, 0.1) is 12.1 Å². The molecule has 6 nitrogen and oxygen atoms in total. The fourth-order valence-electron chi connectivity index (χ4n) is 3.81. The molecule has 2 fully saturated rings. The standard InChI is InChI=1S/C22H21F2N3O3S/c23-16-8-4-7-15(19(16)24)21(29)26-9-10-27-18(11-26)20(28)25-17(22(27)30)13-31-12-14-5-2-1-3-6-14/h1-8,17-18H,9-13H2,(H,25,28)/t17-,18+/m0/s1. The van der Waals surface area contributed by atoms with Gasteiger partial charge in [-0.1, -0.05) is 36.4 Å². The summed E-state index contributed by atoms with van der Waals surface area (Å²) < 4.78 is 27.5. The molecule has 0 spiro atoms. The Balaban J connectivity index is 1.38. The zero-order valence-electron chi connectivity index (χ0n) is 16.6. The maximum absolute atomic E-state index is 14.0. The van der Waals surface area contributed by atoms with Gasteiger partial charge in [-0.3, -0.25) is 14.4 Å². The van der Waals surface area contributed by atoms with Crippen LogP contribution in [0.3, 0.4) is 0 Å². The van der Waals surface area contributed by atoms with Gasteiger partial charge >= 0.3 is 0 Å². The Morgan fingerprint density at radius 3 is 2.61 bits per heavy atom. The Bertz CT molecular complexity index is 1000. The van der Waals surface area contributed by atoms with Gasteiger partial charge in [-0.15, -0.1) is 0 Å². The topological polar surface area (TPSA) is 69.7 Å². The third-order valence-electron chi connectivity index (χ3n) is 5.45. The molecule has 2 heterocycles. The van der Waals surface area contributed by atoms with E-state index in [1.165, 1.54) is 21.9 Å². The molecule has 0 aromatic heterocycles. The van der Waals surface area contributed by atoms with E-state index >= 15 is 0 Å². The van der Waals surface area contributed by atoms with Crippen molar-refractivity contribution >= 4 is 29.5 Å². The minimum Gasteiger partial charge on any atom is -0.342 e. The molecule has 3 amide bonds. The van der Waals surface area contributed by atoms with Gasteiger partial charge in [-0.25, -0.2) is 8.78 Å². The predicted octanol–water partition coefficient (Wildman–Crippen LogP) is 2.05. The molecule has 9 heteroatoms. The molecule has 2 aliphatic heterocycles. The van der Waals surface area contributed by atoms with Crippen molar-refractivity contribution in [3.05, 3.63) is 71.3 Å². The monoisotopic (exact) mass is 445 g/mol. The highest BCUT2D eigenvalue weighted by Crippen LogP contribution is 2.22. The van der Waals surface area contributed by atoms with Crippen molar-refractivity contribution in [1.82, 2.24) is 15.1 Å². The van der Waals surface area contributed by atoms with Crippen LogP contribution in [0.5, 0.6) is 0 Å². The van der Waals surface area contributed by atoms with Gasteiger partial charge in [0.2, 0.25) is 11.8 Å². The first-order valence-corrected chi connectivity index (χ1v) is 11.1. The molecule has 2 aromatic carbocycles. The first kappa shape index (κ1) is 21.3. The summed E-state index contributed by atoms with van der Waals surface area (Å²) in [5.41, 5.74) is 0.753. The van der Waals surface area contributed by atoms with E-state index in [4.69, 9.17) is 0 Å². The van der Waals surface area contributed by atoms with Crippen molar-refractivity contribution in [1.29, 1.82) is 0 Å². The summed E-state index contributed by atoms with van der Waals surface area (Å²) >= 11 is 1.56. The predicted molar refractivity (Wildman–Crippen MR) is 112 cm³/mol. The number of hydrogen-bond acceptors (Lipinski definition) is 4. The highest BCUT2D eigenvalue weighted by Gasteiger charge is 2.44. The van der Waals surface area contributed by atoms with Gasteiger partial charge in [0.1, 0.15) is 12.1 Å². The third-order valence-corrected chi connectivity index (χ3v) is 6.55. The van der Waals surface area contributed by atoms with E-state index in [0.29, 0.717) is 5.75 Å². The van der Waals surface area contributed by atoms with Crippen LogP contribution in [-0.4, -0.2) is 65.0 Å². The van der Waals surface area contributed by atoms with Gasteiger partial charge in [-0.05, 0) is 17.7 Å². The van der Waals surface area contributed by atoms with Crippen molar-refractivity contribution in [2.24, 2.45) is 0 Å². The molecule has 1 N–H and O–H groups in total. The van der Waals surface area contributed by atoms with Crippen molar-refractivity contribution in [2.75, 3.05) is 25.4 Å². The second kappa shape index (κ2) is 9.05. The average Bonchev–Trinajstić information content (AvgIpc) is 2.79. The Morgan fingerprint density at radius 2 is 1.84 bits per heavy atom. The third kappa shape index (κ3) is 4.41. The number of carbonyl (C=O) groups is 3. The molecule has 0 unspecified atom stereocenters. The van der Waals surface area contributed by atoms with Crippen LogP contribution in [0.2, 0.25) is 0 Å². The summed E-state index contributed by atoms with van der Waals surface area (Å²) in [6.45, 7) is 0.254. The Kier molecular flexibility index (Phi) is 6.22. The lowest BCUT2D eigenvalue weighted by atomic mass is 10.0. The van der Waals surface area contributed by atoms with Crippen molar-refractivity contribution in [3.63, 3.8) is 0 Å². The molecule has 31 heavy (non-hydrogen) atoms. The lowest BCUT2D eigenvalue weighted by molar-refractivity contribution is -0.151. The van der Waals surface area contributed by atoms with Gasteiger partial charge < -0.3 is 15.1 Å². The van der Waals surface area contributed by atoms with Gasteiger partial charge in [0.25, 0.3) is 5.91 Å². The number of amides is 3. The van der Waals surface area contributed by atoms with E-state index in [9.17, 15) is 23.2 Å². The van der Waals surface area contributed by atoms with Crippen molar-refractivity contribution < 1.29 is 23.2 Å². The van der Waals surface area contributed by atoms with E-state index in [2.05, 4.69) is 5.32 Å². The van der Waals surface area contributed by atoms with Gasteiger partial charge in [0, 0.05) is 24.6 Å². The maximum atomic E-state index is 14.0. The molecule has 0 aliphatic carbocycles. The first-order chi connectivity index (χ1) is 15.0. The SMILES string of the molecule is O=C1N[C@@H](CSCc2ccccc2)C(=O)N2CCN(C(=O)c3cccc(F)c3F)C[C@H]12. The molecule has 2 aliphatic rings. The highest BCUT2D eigenvalue weighted by atomic mass is 32.2. The van der Waals surface area contributed by atoms with E-state index < -0.39 is 29.6 Å². The quantitative estimate of drug-likeness (QED) is 0.765. The second-order valence-electron chi connectivity index (χ2n) is 7.46. The summed E-state index contributed by atoms with van der Waals surface area (Å²) in [6, 6.07) is 11.8. The van der Waals surface area contributed by atoms with Gasteiger partial charge in [0.15, 0.2) is 11.6 Å². The van der Waals surface area contributed by atoms with Crippen molar-refractivity contribution in [2.45, 2.75) is 17.8 Å². The Morgan fingerprint density at radius 1 is 1.06 bits per heavy atom. The van der Waals surface area contributed by atoms with Crippen LogP contribution in [0.4, 0.5) is 8.78 Å². The van der Waals surface area contributed by atoms with E-state index in [1.807, 2.05) is 30.3 Å². The van der Waals surface area contributed by atoms with Crippen LogP contribution in [0.15, 0.2) is 48.5 Å². The molecule has 2 atom stereocenters. The number of rotatable bonds is 5. The number of benzene rings is 2. The normalized spacial score (nSPS) is 21.0. The second-order valence-corrected chi connectivity index (χ2v) is 8.49. The first-order valence-electron chi connectivity index (χ1n) is 9.91. The number of fused-ring (bicyclic) bond motifs is 1. The molecular weight excluding hydrogens is 424 g/mol. The fraction of sp³-hybridized carbons (Fsp3) is 0.318. The van der Waals surface area contributed by atoms with E-state index in [-0.39, 0.29) is 37.0 Å². The molecule has 2 aromatic rings. The summed E-state index contributed by atoms with van der Waals surface area (Å²) in [4.78, 5) is 41.0. The number of halogens is 2. The summed E-state index contributed by atoms with van der Waals surface area (Å²) in [5, 5.41) is 2.75. The van der Waals surface area contributed by atoms with Crippen LogP contribution in [0.1, 0.15) is 15.9 Å². The van der Waals surface area contributed by atoms with Crippen LogP contribution in [0.25, 0.3) is 0 Å². The molecular formula is C22H21F2N3O3S. The minimum absolute atomic E-state index is 0.0593. The summed E-state index contributed by atoms with van der Waals surface area (Å²) in [7, 11) is 0. The lowest BCUT2D eigenvalue weighted by Gasteiger charge is -2.45. The minimum atomic E-state index is -1.21. The van der Waals surface area contributed by atoms with Crippen LogP contribution in [0, 0.1) is 11.6 Å². The largest absolute Gasteiger partial charge is 0.342 e. The zero-order valence-corrected chi connectivity index (χ0v) is 17.4. The molecule has 162 valence electrons. The smallest absolute Gasteiger partial charge is 0.257 e.